The van der Waals surface area contributed by atoms with Gasteiger partial charge in [-0.25, -0.2) is 4.98 Å². The molecule has 0 N–H and O–H groups in total. The van der Waals surface area contributed by atoms with Crippen molar-refractivity contribution in [2.75, 3.05) is 19.8 Å². The second-order valence-electron chi connectivity index (χ2n) is 6.95. The number of nitrogens with zero attached hydrogens (tertiary/aromatic N) is 2. The van der Waals surface area contributed by atoms with Crippen molar-refractivity contribution in [2.24, 2.45) is 0 Å². The number of aryl methyl sites for hydroxylation is 1. The minimum absolute atomic E-state index is 0.0361. The topological polar surface area (TPSA) is 51.7 Å². The number of benzene rings is 1. The lowest BCUT2D eigenvalue weighted by molar-refractivity contribution is -0.150. The van der Waals surface area contributed by atoms with Gasteiger partial charge in [0.15, 0.2) is 6.29 Å². The van der Waals surface area contributed by atoms with Crippen LogP contribution in [0.25, 0.3) is 10.6 Å². The third-order valence-corrected chi connectivity index (χ3v) is 5.95. The van der Waals surface area contributed by atoms with Gasteiger partial charge in [0.05, 0.1) is 31.4 Å². The van der Waals surface area contributed by atoms with E-state index >= 15 is 0 Å². The zero-order valence-corrected chi connectivity index (χ0v) is 15.8. The molecule has 0 saturated carbocycles. The van der Waals surface area contributed by atoms with Gasteiger partial charge in [0.2, 0.25) is 5.91 Å². The molecule has 1 aromatic heterocycles. The summed E-state index contributed by atoms with van der Waals surface area (Å²) < 4.78 is 11.3. The summed E-state index contributed by atoms with van der Waals surface area (Å²) in [5.74, 6) is 0.120. The quantitative estimate of drug-likeness (QED) is 0.825. The molecule has 3 heterocycles. The van der Waals surface area contributed by atoms with E-state index in [1.807, 2.05) is 10.3 Å². The Morgan fingerprint density at radius 1 is 1.23 bits per heavy atom. The van der Waals surface area contributed by atoms with Gasteiger partial charge in [0.25, 0.3) is 0 Å². The van der Waals surface area contributed by atoms with Gasteiger partial charge in [-0.3, -0.25) is 4.79 Å². The zero-order valence-electron chi connectivity index (χ0n) is 15.0. The van der Waals surface area contributed by atoms with E-state index in [0.29, 0.717) is 19.6 Å². The third kappa shape index (κ3) is 3.82. The average molecular weight is 372 g/mol. The van der Waals surface area contributed by atoms with Crippen LogP contribution >= 0.6 is 11.3 Å². The highest BCUT2D eigenvalue weighted by atomic mass is 32.1. The average Bonchev–Trinajstić information content (AvgIpc) is 3.34. The van der Waals surface area contributed by atoms with Crippen molar-refractivity contribution in [3.8, 4) is 10.6 Å². The fraction of sp³-hybridized carbons (Fsp3) is 0.500. The highest BCUT2D eigenvalue weighted by Crippen LogP contribution is 2.27. The number of aromatic nitrogens is 1. The Kier molecular flexibility index (Phi) is 5.33. The molecule has 1 atom stereocenters. The van der Waals surface area contributed by atoms with E-state index < -0.39 is 0 Å². The van der Waals surface area contributed by atoms with Crippen LogP contribution in [0.3, 0.4) is 0 Å². The maximum Gasteiger partial charge on any atom is 0.229 e. The van der Waals surface area contributed by atoms with E-state index in [1.165, 1.54) is 5.56 Å². The first-order chi connectivity index (χ1) is 12.7. The second kappa shape index (κ2) is 7.86. The van der Waals surface area contributed by atoms with Gasteiger partial charge in [-0.05, 0) is 26.2 Å². The predicted molar refractivity (Wildman–Crippen MR) is 101 cm³/mol. The van der Waals surface area contributed by atoms with Gasteiger partial charge < -0.3 is 14.4 Å². The Bertz CT molecular complexity index is 753. The number of carbonyl (C=O) groups is 1. The molecule has 0 aliphatic carbocycles. The molecular formula is C20H24N2O3S. The van der Waals surface area contributed by atoms with Crippen molar-refractivity contribution >= 4 is 17.2 Å². The first-order valence-electron chi connectivity index (χ1n) is 9.25. The van der Waals surface area contributed by atoms with Gasteiger partial charge in [-0.15, -0.1) is 11.3 Å². The van der Waals surface area contributed by atoms with Crippen LogP contribution in [0, 0.1) is 6.92 Å². The summed E-state index contributed by atoms with van der Waals surface area (Å²) in [7, 11) is 0. The summed E-state index contributed by atoms with van der Waals surface area (Å²) in [5.41, 5.74) is 3.17. The van der Waals surface area contributed by atoms with Gasteiger partial charge in [-0.1, -0.05) is 29.8 Å². The molecular weight excluding hydrogens is 348 g/mol. The lowest BCUT2D eigenvalue weighted by Gasteiger charge is -2.38. The zero-order chi connectivity index (χ0) is 17.9. The molecule has 0 radical (unpaired) electrons. The van der Waals surface area contributed by atoms with E-state index in [4.69, 9.17) is 9.47 Å². The van der Waals surface area contributed by atoms with Crippen LogP contribution < -0.4 is 0 Å². The largest absolute Gasteiger partial charge is 0.348 e. The number of ether oxygens (including phenoxy) is 2. The number of thiazole rings is 1. The maximum absolute atomic E-state index is 12.9. The van der Waals surface area contributed by atoms with Crippen LogP contribution in [-0.4, -0.2) is 47.9 Å². The normalized spacial score (nSPS) is 21.3. The molecule has 2 aliphatic rings. The summed E-state index contributed by atoms with van der Waals surface area (Å²) in [6.07, 6.45) is 3.18. The SMILES string of the molecule is Cc1ccc(-c2nc(CC(=O)N3CCCCC3C3OCCO3)cs2)cc1. The molecule has 138 valence electrons. The van der Waals surface area contributed by atoms with Crippen LogP contribution in [0.15, 0.2) is 29.6 Å². The molecule has 1 unspecified atom stereocenters. The van der Waals surface area contributed by atoms with Crippen molar-refractivity contribution in [2.45, 2.75) is 44.9 Å². The van der Waals surface area contributed by atoms with Crippen molar-refractivity contribution in [3.63, 3.8) is 0 Å². The summed E-state index contributed by atoms with van der Waals surface area (Å²) in [5, 5.41) is 2.96. The van der Waals surface area contributed by atoms with Crippen molar-refractivity contribution in [1.82, 2.24) is 9.88 Å². The first-order valence-corrected chi connectivity index (χ1v) is 10.1. The number of rotatable bonds is 4. The van der Waals surface area contributed by atoms with Gasteiger partial charge in [0, 0.05) is 17.5 Å². The smallest absolute Gasteiger partial charge is 0.229 e. The number of hydrogen-bond donors (Lipinski definition) is 0. The van der Waals surface area contributed by atoms with Gasteiger partial charge >= 0.3 is 0 Å². The van der Waals surface area contributed by atoms with Crippen molar-refractivity contribution in [1.29, 1.82) is 0 Å². The lowest BCUT2D eigenvalue weighted by atomic mass is 10.0. The Morgan fingerprint density at radius 3 is 2.77 bits per heavy atom. The van der Waals surface area contributed by atoms with Crippen molar-refractivity contribution < 1.29 is 14.3 Å². The molecule has 0 bridgehead atoms. The molecule has 26 heavy (non-hydrogen) atoms. The monoisotopic (exact) mass is 372 g/mol. The Morgan fingerprint density at radius 2 is 2.00 bits per heavy atom. The summed E-state index contributed by atoms with van der Waals surface area (Å²) in [4.78, 5) is 19.5. The van der Waals surface area contributed by atoms with Crippen molar-refractivity contribution in [3.05, 3.63) is 40.9 Å². The number of likely N-dealkylation sites (tertiary alicyclic amines) is 1. The van der Waals surface area contributed by atoms with Crippen LogP contribution in [0.2, 0.25) is 0 Å². The van der Waals surface area contributed by atoms with E-state index in [1.54, 1.807) is 11.3 Å². The highest BCUT2D eigenvalue weighted by molar-refractivity contribution is 7.13. The number of carbonyl (C=O) groups excluding carboxylic acids is 1. The molecule has 5 nitrogen and oxygen atoms in total. The summed E-state index contributed by atoms with van der Waals surface area (Å²) >= 11 is 1.59. The van der Waals surface area contributed by atoms with Crippen LogP contribution in [0.1, 0.15) is 30.5 Å². The minimum atomic E-state index is -0.266. The molecule has 1 aromatic carbocycles. The van der Waals surface area contributed by atoms with E-state index in [0.717, 1.165) is 42.1 Å². The number of piperidine rings is 1. The van der Waals surface area contributed by atoms with E-state index in [9.17, 15) is 4.79 Å². The summed E-state index contributed by atoms with van der Waals surface area (Å²) in [6, 6.07) is 8.36. The molecule has 2 saturated heterocycles. The number of amides is 1. The standard InChI is InChI=1S/C20H24N2O3S/c1-14-5-7-15(8-6-14)19-21-16(13-26-19)12-18(23)22-9-3-2-4-17(22)20-24-10-11-25-20/h5-8,13,17,20H,2-4,9-12H2,1H3. The number of hydrogen-bond acceptors (Lipinski definition) is 5. The van der Waals surface area contributed by atoms with Gasteiger partial charge in [0.1, 0.15) is 5.01 Å². The predicted octanol–water partition coefficient (Wildman–Crippen LogP) is 3.42. The summed E-state index contributed by atoms with van der Waals surface area (Å²) in [6.45, 7) is 4.09. The first kappa shape index (κ1) is 17.6. The molecule has 0 spiro atoms. The van der Waals surface area contributed by atoms with E-state index in [2.05, 4.69) is 36.2 Å². The maximum atomic E-state index is 12.9. The Labute approximate surface area is 157 Å². The molecule has 2 fully saturated rings. The van der Waals surface area contributed by atoms with Crippen LogP contribution in [0.4, 0.5) is 0 Å². The second-order valence-corrected chi connectivity index (χ2v) is 7.81. The highest BCUT2D eigenvalue weighted by Gasteiger charge is 2.36. The molecule has 1 amide bonds. The molecule has 2 aromatic rings. The van der Waals surface area contributed by atoms with Crippen LogP contribution in [-0.2, 0) is 20.7 Å². The Hall–Kier alpha value is -1.76. The van der Waals surface area contributed by atoms with Crippen LogP contribution in [0.5, 0.6) is 0 Å². The third-order valence-electron chi connectivity index (χ3n) is 5.01. The van der Waals surface area contributed by atoms with E-state index in [-0.39, 0.29) is 18.2 Å². The molecule has 6 heteroatoms. The fourth-order valence-corrected chi connectivity index (χ4v) is 4.45. The minimum Gasteiger partial charge on any atom is -0.348 e. The molecule has 4 rings (SSSR count). The fourth-order valence-electron chi connectivity index (χ4n) is 3.62. The van der Waals surface area contributed by atoms with Gasteiger partial charge in [-0.2, -0.15) is 0 Å². The lowest BCUT2D eigenvalue weighted by Crippen LogP contribution is -2.50. The Balaban J connectivity index is 1.44. The molecule has 2 aliphatic heterocycles.